The van der Waals surface area contributed by atoms with E-state index in [9.17, 15) is 0 Å². The van der Waals surface area contributed by atoms with Gasteiger partial charge in [0.2, 0.25) is 0 Å². The summed E-state index contributed by atoms with van der Waals surface area (Å²) in [6, 6.07) is 0. The Hall–Kier alpha value is 2.58. The van der Waals surface area contributed by atoms with Crippen LogP contribution < -0.4 is 0 Å². The van der Waals surface area contributed by atoms with Crippen LogP contribution in [-0.2, 0) is 33.0 Å². The Morgan fingerprint density at radius 2 is 0.400 bits per heavy atom. The third-order valence-electron chi connectivity index (χ3n) is 0. The van der Waals surface area contributed by atoms with Gasteiger partial charge in [0, 0.05) is 85.1 Å². The van der Waals surface area contributed by atoms with Gasteiger partial charge in [0.1, 0.15) is 0 Å². The van der Waals surface area contributed by atoms with Crippen molar-refractivity contribution in [3.63, 3.8) is 0 Å². The second kappa shape index (κ2) is 30.7. The van der Waals surface area contributed by atoms with Gasteiger partial charge in [-0.3, -0.25) is 0 Å². The van der Waals surface area contributed by atoms with Crippen LogP contribution in [0.25, 0.3) is 0 Å². The van der Waals surface area contributed by atoms with Crippen LogP contribution in [0.1, 0.15) is 0 Å². The van der Waals surface area contributed by atoms with E-state index < -0.39 is 0 Å². The Bertz CT molecular complexity index is 4.85. The van der Waals surface area contributed by atoms with Crippen molar-refractivity contribution >= 4 is 52.1 Å². The summed E-state index contributed by atoms with van der Waals surface area (Å²) in [5.41, 5.74) is 0. The van der Waals surface area contributed by atoms with Crippen molar-refractivity contribution in [2.45, 2.75) is 0 Å². The minimum absolute atomic E-state index is 0. The molecular formula is Al3Ni2. The van der Waals surface area contributed by atoms with E-state index in [4.69, 9.17) is 0 Å². The molecule has 0 aliphatic rings. The fraction of sp³-hybridized carbons (Fsp3) is 0. The molecule has 0 aromatic heterocycles. The van der Waals surface area contributed by atoms with Gasteiger partial charge in [-0.1, -0.05) is 0 Å². The monoisotopic (exact) mass is 197 g/mol. The van der Waals surface area contributed by atoms with Crippen molar-refractivity contribution in [2.75, 3.05) is 0 Å². The first kappa shape index (κ1) is 49.2. The molecule has 0 heterocycles. The summed E-state index contributed by atoms with van der Waals surface area (Å²) in [7, 11) is 0. The first-order chi connectivity index (χ1) is 0. The molecule has 0 aliphatic heterocycles. The van der Waals surface area contributed by atoms with Crippen molar-refractivity contribution in [2.24, 2.45) is 0 Å². The topological polar surface area (TPSA) is 0 Å². The van der Waals surface area contributed by atoms with E-state index in [1.165, 1.54) is 0 Å². The summed E-state index contributed by atoms with van der Waals surface area (Å²) in [4.78, 5) is 0. The average molecular weight is 198 g/mol. The molecule has 5 heavy (non-hydrogen) atoms. The van der Waals surface area contributed by atoms with Gasteiger partial charge in [0.05, 0.1) is 0 Å². The zero-order valence-corrected chi connectivity index (χ0v) is 7.80. The Morgan fingerprint density at radius 1 is 0.400 bits per heavy atom. The maximum Gasteiger partial charge on any atom is 0 e. The first-order valence-electron chi connectivity index (χ1n) is 0. The molecule has 0 bridgehead atoms. The summed E-state index contributed by atoms with van der Waals surface area (Å²) in [6.45, 7) is 0. The molecule has 0 aromatic carbocycles. The van der Waals surface area contributed by atoms with Crippen LogP contribution in [0.5, 0.6) is 0 Å². The molecular weight excluding hydrogens is 198 g/mol. The van der Waals surface area contributed by atoms with E-state index >= 15 is 0 Å². The molecule has 0 aliphatic carbocycles. The molecule has 0 nitrogen and oxygen atoms in total. The Morgan fingerprint density at radius 3 is 0.400 bits per heavy atom. The van der Waals surface area contributed by atoms with Gasteiger partial charge in [-0.2, -0.15) is 0 Å². The third-order valence-corrected chi connectivity index (χ3v) is 0. The molecule has 0 spiro atoms. The van der Waals surface area contributed by atoms with Gasteiger partial charge in [0.25, 0.3) is 0 Å². The number of hydrogen-bond acceptors (Lipinski definition) is 0. The fourth-order valence-corrected chi connectivity index (χ4v) is 0. The van der Waals surface area contributed by atoms with Crippen molar-refractivity contribution in [1.29, 1.82) is 0 Å². The molecule has 0 aromatic rings. The van der Waals surface area contributed by atoms with Crippen LogP contribution in [0.4, 0.5) is 0 Å². The largest absolute Gasteiger partial charge is 0 e. The van der Waals surface area contributed by atoms with Crippen LogP contribution in [-0.4, -0.2) is 52.1 Å². The van der Waals surface area contributed by atoms with Crippen LogP contribution in [0, 0.1) is 0 Å². The van der Waals surface area contributed by atoms with Gasteiger partial charge >= 0.3 is 0 Å². The molecule has 0 N–H and O–H groups in total. The van der Waals surface area contributed by atoms with E-state index in [0.29, 0.717) is 0 Å². The minimum atomic E-state index is 0. The van der Waals surface area contributed by atoms with E-state index in [1.54, 1.807) is 0 Å². The van der Waals surface area contributed by atoms with Crippen LogP contribution in [0.3, 0.4) is 0 Å². The number of rotatable bonds is 0. The summed E-state index contributed by atoms with van der Waals surface area (Å²) in [5, 5.41) is 0. The second-order valence-electron chi connectivity index (χ2n) is 0. The zero-order valence-electron chi connectivity index (χ0n) is 2.36. The van der Waals surface area contributed by atoms with Crippen molar-refractivity contribution in [3.8, 4) is 0 Å². The van der Waals surface area contributed by atoms with Gasteiger partial charge in [-0.05, 0) is 0 Å². The summed E-state index contributed by atoms with van der Waals surface area (Å²) < 4.78 is 0. The Balaban J connectivity index is 0. The van der Waals surface area contributed by atoms with E-state index in [-0.39, 0.29) is 85.1 Å². The van der Waals surface area contributed by atoms with Crippen molar-refractivity contribution in [3.05, 3.63) is 0 Å². The molecule has 9 radical (unpaired) electrons. The molecule has 0 saturated carbocycles. The zero-order chi connectivity index (χ0) is 0. The van der Waals surface area contributed by atoms with Crippen molar-refractivity contribution < 1.29 is 33.0 Å². The van der Waals surface area contributed by atoms with Gasteiger partial charge in [-0.25, -0.2) is 0 Å². The Kier molecular flexibility index (Phi) is 303. The van der Waals surface area contributed by atoms with Gasteiger partial charge in [0.15, 0.2) is 0 Å². The molecule has 0 amide bonds. The normalized spacial score (nSPS) is 0. The van der Waals surface area contributed by atoms with E-state index in [1.807, 2.05) is 0 Å². The van der Waals surface area contributed by atoms with E-state index in [0.717, 1.165) is 0 Å². The molecule has 0 atom stereocenters. The average Bonchev–Trinajstić information content (AvgIpc) is 0. The minimum Gasteiger partial charge on any atom is 0 e. The summed E-state index contributed by atoms with van der Waals surface area (Å²) in [6.07, 6.45) is 0. The fourth-order valence-electron chi connectivity index (χ4n) is 0. The summed E-state index contributed by atoms with van der Waals surface area (Å²) in [5.74, 6) is 0. The molecule has 0 unspecified atom stereocenters. The first-order valence-corrected chi connectivity index (χ1v) is 0. The van der Waals surface area contributed by atoms with Gasteiger partial charge < -0.3 is 0 Å². The Labute approximate surface area is 84.1 Å². The van der Waals surface area contributed by atoms with Crippen LogP contribution >= 0.6 is 0 Å². The predicted octanol–water partition coefficient (Wildman–Crippen LogP) is -1.15. The third kappa shape index (κ3) is 20.7. The smallest absolute Gasteiger partial charge is 0 e. The predicted molar refractivity (Wildman–Crippen MR) is 17.3 cm³/mol. The molecule has 0 fully saturated rings. The molecule has 0 saturated heterocycles. The maximum atomic E-state index is 0. The van der Waals surface area contributed by atoms with Gasteiger partial charge in [-0.15, -0.1) is 0 Å². The summed E-state index contributed by atoms with van der Waals surface area (Å²) >= 11 is 0. The number of hydrogen-bond donors (Lipinski definition) is 0. The molecule has 0 rings (SSSR count). The quantitative estimate of drug-likeness (QED) is 0.431. The van der Waals surface area contributed by atoms with Crippen LogP contribution in [0.15, 0.2) is 0 Å². The van der Waals surface area contributed by atoms with Crippen LogP contribution in [0.2, 0.25) is 0 Å². The van der Waals surface area contributed by atoms with Crippen molar-refractivity contribution in [1.82, 2.24) is 0 Å². The second-order valence-corrected chi connectivity index (χ2v) is 0. The molecule has 5 heteroatoms. The maximum absolute atomic E-state index is 0. The molecule has 29 valence electrons. The SMILES string of the molecule is [Al].[Al].[Al].[Ni].[Ni]. The van der Waals surface area contributed by atoms with E-state index in [2.05, 4.69) is 0 Å². The standard InChI is InChI=1S/3Al.2Ni.